The zero-order chi connectivity index (χ0) is 18.0. The fourth-order valence-corrected chi connectivity index (χ4v) is 2.67. The second-order valence-electron chi connectivity index (χ2n) is 5.55. The Balaban J connectivity index is 1.85. The van der Waals surface area contributed by atoms with Crippen molar-refractivity contribution >= 4 is 17.4 Å². The summed E-state index contributed by atoms with van der Waals surface area (Å²) >= 11 is 0. The van der Waals surface area contributed by atoms with E-state index < -0.39 is 11.8 Å². The molecular weight excluding hydrogens is 323 g/mol. The van der Waals surface area contributed by atoms with E-state index in [0.717, 1.165) is 11.4 Å². The summed E-state index contributed by atoms with van der Waals surface area (Å²) in [4.78, 5) is 12.4. The van der Waals surface area contributed by atoms with E-state index in [0.29, 0.717) is 23.6 Å². The average Bonchev–Trinajstić information content (AvgIpc) is 3.19. The van der Waals surface area contributed by atoms with Crippen molar-refractivity contribution in [2.45, 2.75) is 27.3 Å². The predicted molar refractivity (Wildman–Crippen MR) is 93.5 cm³/mol. The van der Waals surface area contributed by atoms with Crippen LogP contribution in [0.5, 0.6) is 0 Å². The largest absolute Gasteiger partial charge is 0.323 e. The maximum Gasteiger partial charge on any atom is 0.323 e. The number of nitrogens with zero attached hydrogens (tertiary/aromatic N) is 4. The Morgan fingerprint density at radius 2 is 2.08 bits per heavy atom. The zero-order valence-corrected chi connectivity index (χ0v) is 14.2. The monoisotopic (exact) mass is 342 g/mol. The van der Waals surface area contributed by atoms with Crippen molar-refractivity contribution in [3.05, 3.63) is 53.9 Å². The molecule has 3 rings (SSSR count). The highest BCUT2D eigenvalue weighted by Gasteiger charge is 2.15. The lowest BCUT2D eigenvalue weighted by atomic mass is 10.2. The quantitative estimate of drug-likeness (QED) is 0.762. The number of aryl methyl sites for hydroxylation is 2. The van der Waals surface area contributed by atoms with E-state index in [1.165, 1.54) is 12.1 Å². The standard InChI is InChI=1S/C17H19FN6O/c1-4-23-12(3)16(11(2)22-23)21-17(25)20-14-10-13(18)6-7-15(14)24-9-5-8-19-24/h5-10H,4H2,1-3H3,(H2,20,21,25). The number of nitrogens with one attached hydrogen (secondary N) is 2. The minimum absolute atomic E-state index is 0.319. The molecule has 0 bridgehead atoms. The molecule has 0 saturated heterocycles. The van der Waals surface area contributed by atoms with Crippen LogP contribution < -0.4 is 10.6 Å². The molecule has 0 aliphatic rings. The van der Waals surface area contributed by atoms with Gasteiger partial charge in [0.1, 0.15) is 5.82 Å². The van der Waals surface area contributed by atoms with Crippen LogP contribution in [0.2, 0.25) is 0 Å². The highest BCUT2D eigenvalue weighted by atomic mass is 19.1. The Hall–Kier alpha value is -3.16. The number of aromatic nitrogens is 4. The molecule has 2 amide bonds. The summed E-state index contributed by atoms with van der Waals surface area (Å²) in [5, 5.41) is 14.0. The van der Waals surface area contributed by atoms with E-state index in [-0.39, 0.29) is 0 Å². The maximum absolute atomic E-state index is 13.6. The molecule has 0 radical (unpaired) electrons. The summed E-state index contributed by atoms with van der Waals surface area (Å²) in [5.74, 6) is -0.447. The lowest BCUT2D eigenvalue weighted by Crippen LogP contribution is -2.21. The number of halogens is 1. The van der Waals surface area contributed by atoms with Crippen LogP contribution in [0.15, 0.2) is 36.7 Å². The van der Waals surface area contributed by atoms with Crippen LogP contribution in [0.1, 0.15) is 18.3 Å². The molecule has 3 aromatic rings. The van der Waals surface area contributed by atoms with Crippen molar-refractivity contribution in [3.63, 3.8) is 0 Å². The maximum atomic E-state index is 13.6. The van der Waals surface area contributed by atoms with Crippen molar-refractivity contribution in [1.29, 1.82) is 0 Å². The van der Waals surface area contributed by atoms with Gasteiger partial charge < -0.3 is 10.6 Å². The summed E-state index contributed by atoms with van der Waals surface area (Å²) in [5.41, 5.74) is 3.12. The molecule has 2 aromatic heterocycles. The first kappa shape index (κ1) is 16.7. The SMILES string of the molecule is CCn1nc(C)c(NC(=O)Nc2cc(F)ccc2-n2cccn2)c1C. The van der Waals surface area contributed by atoms with Crippen molar-refractivity contribution in [3.8, 4) is 5.69 Å². The molecule has 0 spiro atoms. The van der Waals surface area contributed by atoms with Gasteiger partial charge in [0.25, 0.3) is 0 Å². The lowest BCUT2D eigenvalue weighted by Gasteiger charge is -2.12. The molecule has 25 heavy (non-hydrogen) atoms. The van der Waals surface area contributed by atoms with Gasteiger partial charge in [-0.05, 0) is 45.0 Å². The Morgan fingerprint density at radius 1 is 1.28 bits per heavy atom. The fraction of sp³-hybridized carbons (Fsp3) is 0.235. The first-order valence-electron chi connectivity index (χ1n) is 7.91. The number of carbonyl (C=O) groups excluding carboxylic acids is 1. The normalized spacial score (nSPS) is 10.7. The molecule has 0 fully saturated rings. The van der Waals surface area contributed by atoms with Crippen molar-refractivity contribution in [2.75, 3.05) is 10.6 Å². The Kier molecular flexibility index (Phi) is 4.51. The Morgan fingerprint density at radius 3 is 2.72 bits per heavy atom. The van der Waals surface area contributed by atoms with E-state index in [1.54, 1.807) is 29.2 Å². The topological polar surface area (TPSA) is 76.8 Å². The van der Waals surface area contributed by atoms with E-state index in [4.69, 9.17) is 0 Å². The number of hydrogen-bond acceptors (Lipinski definition) is 3. The smallest absolute Gasteiger partial charge is 0.306 e. The molecule has 0 aliphatic carbocycles. The predicted octanol–water partition coefficient (Wildman–Crippen LogP) is 3.49. The summed E-state index contributed by atoms with van der Waals surface area (Å²) in [6, 6.07) is 5.41. The summed E-state index contributed by atoms with van der Waals surface area (Å²) in [7, 11) is 0. The third-order valence-electron chi connectivity index (χ3n) is 3.88. The molecule has 0 aliphatic heterocycles. The van der Waals surface area contributed by atoms with Crippen molar-refractivity contribution < 1.29 is 9.18 Å². The number of benzene rings is 1. The second kappa shape index (κ2) is 6.76. The first-order valence-corrected chi connectivity index (χ1v) is 7.91. The van der Waals surface area contributed by atoms with Crippen molar-refractivity contribution in [1.82, 2.24) is 19.6 Å². The van der Waals surface area contributed by atoms with E-state index in [9.17, 15) is 9.18 Å². The van der Waals surface area contributed by atoms with E-state index >= 15 is 0 Å². The van der Waals surface area contributed by atoms with Gasteiger partial charge in [0, 0.05) is 18.9 Å². The van der Waals surface area contributed by atoms with Gasteiger partial charge in [-0.1, -0.05) is 0 Å². The summed E-state index contributed by atoms with van der Waals surface area (Å²) in [6.07, 6.45) is 3.33. The number of carbonyl (C=O) groups is 1. The molecule has 0 saturated carbocycles. The molecule has 1 aromatic carbocycles. The van der Waals surface area contributed by atoms with Crippen LogP contribution in [-0.2, 0) is 6.54 Å². The first-order chi connectivity index (χ1) is 12.0. The van der Waals surface area contributed by atoms with Gasteiger partial charge in [-0.25, -0.2) is 13.9 Å². The van der Waals surface area contributed by atoms with Gasteiger partial charge in [0.2, 0.25) is 0 Å². The van der Waals surface area contributed by atoms with Gasteiger partial charge in [-0.15, -0.1) is 0 Å². The molecule has 130 valence electrons. The molecule has 2 heterocycles. The van der Waals surface area contributed by atoms with E-state index in [2.05, 4.69) is 20.8 Å². The molecule has 8 heteroatoms. The van der Waals surface area contributed by atoms with E-state index in [1.807, 2.05) is 25.5 Å². The van der Waals surface area contributed by atoms with Gasteiger partial charge >= 0.3 is 6.03 Å². The average molecular weight is 342 g/mol. The Labute approximate surface area is 144 Å². The van der Waals surface area contributed by atoms with Crippen LogP contribution >= 0.6 is 0 Å². The van der Waals surface area contributed by atoms with Crippen LogP contribution in [0.3, 0.4) is 0 Å². The molecule has 0 unspecified atom stereocenters. The van der Waals surface area contributed by atoms with Crippen LogP contribution in [0.4, 0.5) is 20.6 Å². The molecular formula is C17H19FN6O. The number of rotatable bonds is 4. The Bertz CT molecular complexity index is 900. The molecule has 7 nitrogen and oxygen atoms in total. The van der Waals surface area contributed by atoms with Gasteiger partial charge in [-0.2, -0.15) is 10.2 Å². The number of hydrogen-bond donors (Lipinski definition) is 2. The third kappa shape index (κ3) is 3.37. The highest BCUT2D eigenvalue weighted by molar-refractivity contribution is 6.01. The summed E-state index contributed by atoms with van der Waals surface area (Å²) in [6.45, 7) is 6.40. The van der Waals surface area contributed by atoms with Crippen LogP contribution in [-0.4, -0.2) is 25.6 Å². The second-order valence-corrected chi connectivity index (χ2v) is 5.55. The minimum Gasteiger partial charge on any atom is -0.306 e. The third-order valence-corrected chi connectivity index (χ3v) is 3.88. The molecule has 0 atom stereocenters. The van der Waals surface area contributed by atoms with Crippen molar-refractivity contribution in [2.24, 2.45) is 0 Å². The molecule has 2 N–H and O–H groups in total. The highest BCUT2D eigenvalue weighted by Crippen LogP contribution is 2.23. The zero-order valence-electron chi connectivity index (χ0n) is 14.2. The van der Waals surface area contributed by atoms with Gasteiger partial charge in [0.15, 0.2) is 0 Å². The lowest BCUT2D eigenvalue weighted by molar-refractivity contribution is 0.262. The number of amides is 2. The fourth-order valence-electron chi connectivity index (χ4n) is 2.67. The van der Waals surface area contributed by atoms with Gasteiger partial charge in [-0.3, -0.25) is 4.68 Å². The van der Waals surface area contributed by atoms with Crippen LogP contribution in [0, 0.1) is 19.7 Å². The van der Waals surface area contributed by atoms with Gasteiger partial charge in [0.05, 0.1) is 28.5 Å². The number of urea groups is 1. The minimum atomic E-state index is -0.471. The summed E-state index contributed by atoms with van der Waals surface area (Å²) < 4.78 is 17.0. The van der Waals surface area contributed by atoms with Crippen LogP contribution in [0.25, 0.3) is 5.69 Å². The number of anilines is 2.